The van der Waals surface area contributed by atoms with Crippen LogP contribution in [0.15, 0.2) is 54.1 Å². The van der Waals surface area contributed by atoms with E-state index in [1.165, 1.54) is 18.1 Å². The largest absolute Gasteiger partial charge is 0.294 e. The van der Waals surface area contributed by atoms with Gasteiger partial charge in [-0.25, -0.2) is 14.6 Å². The van der Waals surface area contributed by atoms with Crippen molar-refractivity contribution in [2.75, 3.05) is 11.1 Å². The second-order valence-corrected chi connectivity index (χ2v) is 6.67. The Labute approximate surface area is 157 Å². The Bertz CT molecular complexity index is 1050. The number of H-pyrrole nitrogens is 1. The zero-order valence-corrected chi connectivity index (χ0v) is 14.8. The SMILES string of the molecule is O=C(CSc1nccn2nc(-c3ccc(Cl)cc3)cc12)Nc1ncn[nH]1. The van der Waals surface area contributed by atoms with Crippen molar-refractivity contribution in [1.82, 2.24) is 29.8 Å². The number of hydrogen-bond acceptors (Lipinski definition) is 6. The van der Waals surface area contributed by atoms with Crippen LogP contribution in [0.4, 0.5) is 5.95 Å². The number of thioether (sulfide) groups is 1. The number of halogens is 1. The summed E-state index contributed by atoms with van der Waals surface area (Å²) >= 11 is 7.26. The molecule has 0 saturated heterocycles. The molecule has 0 unspecified atom stereocenters. The minimum absolute atomic E-state index is 0.189. The molecule has 1 amide bonds. The highest BCUT2D eigenvalue weighted by Gasteiger charge is 2.12. The van der Waals surface area contributed by atoms with Crippen LogP contribution in [0.5, 0.6) is 0 Å². The number of hydrogen-bond donors (Lipinski definition) is 2. The van der Waals surface area contributed by atoms with Gasteiger partial charge in [-0.15, -0.1) is 0 Å². The molecule has 2 N–H and O–H groups in total. The lowest BCUT2D eigenvalue weighted by molar-refractivity contribution is -0.113. The maximum atomic E-state index is 12.0. The van der Waals surface area contributed by atoms with Crippen LogP contribution >= 0.6 is 23.4 Å². The van der Waals surface area contributed by atoms with E-state index < -0.39 is 0 Å². The van der Waals surface area contributed by atoms with Crippen LogP contribution in [0.1, 0.15) is 0 Å². The molecular weight excluding hydrogens is 374 g/mol. The molecule has 0 atom stereocenters. The van der Waals surface area contributed by atoms with Gasteiger partial charge in [-0.1, -0.05) is 35.5 Å². The predicted octanol–water partition coefficient (Wildman–Crippen LogP) is 2.90. The van der Waals surface area contributed by atoms with Crippen LogP contribution in [0.3, 0.4) is 0 Å². The number of aromatic nitrogens is 6. The quantitative estimate of drug-likeness (QED) is 0.512. The summed E-state index contributed by atoms with van der Waals surface area (Å²) in [5.41, 5.74) is 2.59. The van der Waals surface area contributed by atoms with Gasteiger partial charge in [0.05, 0.1) is 17.0 Å². The fourth-order valence-electron chi connectivity index (χ4n) is 2.34. The van der Waals surface area contributed by atoms with Crippen molar-refractivity contribution < 1.29 is 4.79 Å². The van der Waals surface area contributed by atoms with Crippen LogP contribution < -0.4 is 5.32 Å². The summed E-state index contributed by atoms with van der Waals surface area (Å²) < 4.78 is 1.74. The highest BCUT2D eigenvalue weighted by Crippen LogP contribution is 2.26. The highest BCUT2D eigenvalue weighted by molar-refractivity contribution is 8.00. The van der Waals surface area contributed by atoms with Crippen molar-refractivity contribution in [1.29, 1.82) is 0 Å². The maximum Gasteiger partial charge on any atom is 0.237 e. The van der Waals surface area contributed by atoms with Crippen LogP contribution in [-0.2, 0) is 4.79 Å². The van der Waals surface area contributed by atoms with Crippen molar-refractivity contribution in [2.45, 2.75) is 5.03 Å². The van der Waals surface area contributed by atoms with Crippen LogP contribution in [0, 0.1) is 0 Å². The molecule has 3 aromatic heterocycles. The smallest absolute Gasteiger partial charge is 0.237 e. The highest BCUT2D eigenvalue weighted by atomic mass is 35.5. The molecule has 26 heavy (non-hydrogen) atoms. The molecule has 3 heterocycles. The van der Waals surface area contributed by atoms with E-state index in [4.69, 9.17) is 11.6 Å². The number of nitrogens with one attached hydrogen (secondary N) is 2. The van der Waals surface area contributed by atoms with Gasteiger partial charge in [0.15, 0.2) is 0 Å². The first-order valence-corrected chi connectivity index (χ1v) is 8.94. The third-order valence-electron chi connectivity index (χ3n) is 3.51. The van der Waals surface area contributed by atoms with Crippen LogP contribution in [-0.4, -0.2) is 41.4 Å². The van der Waals surface area contributed by atoms with Gasteiger partial charge < -0.3 is 0 Å². The summed E-state index contributed by atoms with van der Waals surface area (Å²) in [6, 6.07) is 9.41. The molecule has 4 rings (SSSR count). The summed E-state index contributed by atoms with van der Waals surface area (Å²) in [5.74, 6) is 0.304. The van der Waals surface area contributed by atoms with Gasteiger partial charge in [0.25, 0.3) is 0 Å². The summed E-state index contributed by atoms with van der Waals surface area (Å²) in [4.78, 5) is 20.2. The van der Waals surface area contributed by atoms with Crippen LogP contribution in [0.25, 0.3) is 16.8 Å². The lowest BCUT2D eigenvalue weighted by Crippen LogP contribution is -2.15. The van der Waals surface area contributed by atoms with Gasteiger partial charge in [-0.3, -0.25) is 10.1 Å². The molecule has 0 bridgehead atoms. The molecule has 0 aliphatic rings. The number of nitrogens with zero attached hydrogens (tertiary/aromatic N) is 5. The Morgan fingerprint density at radius 1 is 1.27 bits per heavy atom. The third-order valence-corrected chi connectivity index (χ3v) is 4.75. The molecule has 0 aliphatic heterocycles. The fourth-order valence-corrected chi connectivity index (χ4v) is 3.24. The molecule has 0 aliphatic carbocycles. The number of fused-ring (bicyclic) bond motifs is 1. The average molecular weight is 386 g/mol. The first-order valence-electron chi connectivity index (χ1n) is 7.57. The second-order valence-electron chi connectivity index (χ2n) is 5.27. The first-order chi connectivity index (χ1) is 12.7. The van der Waals surface area contributed by atoms with E-state index in [0.29, 0.717) is 16.0 Å². The lowest BCUT2D eigenvalue weighted by Gasteiger charge is -2.02. The second kappa shape index (κ2) is 7.14. The van der Waals surface area contributed by atoms with E-state index in [2.05, 4.69) is 30.6 Å². The molecule has 0 fully saturated rings. The molecule has 10 heteroatoms. The van der Waals surface area contributed by atoms with Gasteiger partial charge in [0.2, 0.25) is 11.9 Å². The number of carbonyl (C=O) groups excluding carboxylic acids is 1. The Kier molecular flexibility index (Phi) is 4.55. The molecule has 130 valence electrons. The number of benzene rings is 1. The summed E-state index contributed by atoms with van der Waals surface area (Å²) in [5, 5.41) is 14.8. The maximum absolute atomic E-state index is 12.0. The van der Waals surface area contributed by atoms with E-state index in [9.17, 15) is 4.79 Å². The van der Waals surface area contributed by atoms with Gasteiger partial charge in [-0.2, -0.15) is 15.2 Å². The van der Waals surface area contributed by atoms with Crippen molar-refractivity contribution >= 4 is 40.7 Å². The molecule has 1 aromatic carbocycles. The summed E-state index contributed by atoms with van der Waals surface area (Å²) in [6.45, 7) is 0. The number of aromatic amines is 1. The van der Waals surface area contributed by atoms with Crippen molar-refractivity contribution in [3.8, 4) is 11.3 Å². The van der Waals surface area contributed by atoms with Crippen LogP contribution in [0.2, 0.25) is 5.02 Å². The average Bonchev–Trinajstić information content (AvgIpc) is 3.30. The van der Waals surface area contributed by atoms with Crippen molar-refractivity contribution in [3.05, 3.63) is 54.1 Å². The number of carbonyl (C=O) groups is 1. The first kappa shape index (κ1) is 16.6. The van der Waals surface area contributed by atoms with E-state index in [-0.39, 0.29) is 11.7 Å². The molecule has 0 radical (unpaired) electrons. The zero-order chi connectivity index (χ0) is 17.9. The van der Waals surface area contributed by atoms with Gasteiger partial charge in [0, 0.05) is 23.0 Å². The zero-order valence-electron chi connectivity index (χ0n) is 13.3. The van der Waals surface area contributed by atoms with Gasteiger partial charge in [0.1, 0.15) is 11.4 Å². The summed E-state index contributed by atoms with van der Waals surface area (Å²) in [6.07, 6.45) is 4.76. The van der Waals surface area contributed by atoms with Gasteiger partial charge in [-0.05, 0) is 18.2 Å². The Morgan fingerprint density at radius 3 is 2.88 bits per heavy atom. The number of anilines is 1. The minimum atomic E-state index is -0.201. The van der Waals surface area contributed by atoms with Crippen molar-refractivity contribution in [3.63, 3.8) is 0 Å². The molecule has 0 saturated carbocycles. The Balaban J connectivity index is 1.54. The monoisotopic (exact) mass is 385 g/mol. The molecular formula is C16H12ClN7OS. The van der Waals surface area contributed by atoms with E-state index >= 15 is 0 Å². The normalized spacial score (nSPS) is 11.0. The fraction of sp³-hybridized carbons (Fsp3) is 0.0625. The minimum Gasteiger partial charge on any atom is -0.294 e. The molecule has 0 spiro atoms. The summed E-state index contributed by atoms with van der Waals surface area (Å²) in [7, 11) is 0. The Hall–Kier alpha value is -2.91. The third kappa shape index (κ3) is 3.53. The number of rotatable bonds is 5. The van der Waals surface area contributed by atoms with Gasteiger partial charge >= 0.3 is 0 Å². The van der Waals surface area contributed by atoms with E-state index in [1.54, 1.807) is 16.9 Å². The van der Waals surface area contributed by atoms with E-state index in [1.807, 2.05) is 30.3 Å². The van der Waals surface area contributed by atoms with E-state index in [0.717, 1.165) is 16.8 Å². The lowest BCUT2D eigenvalue weighted by atomic mass is 10.1. The Morgan fingerprint density at radius 2 is 2.12 bits per heavy atom. The topological polar surface area (TPSA) is 101 Å². The van der Waals surface area contributed by atoms with Crippen molar-refractivity contribution in [2.24, 2.45) is 0 Å². The number of amides is 1. The molecule has 8 nitrogen and oxygen atoms in total. The predicted molar refractivity (Wildman–Crippen MR) is 99.2 cm³/mol. The molecule has 4 aromatic rings. The standard InChI is InChI=1S/C16H12ClN7OS/c17-11-3-1-10(2-4-11)12-7-13-15(18-5-6-24(13)23-12)26-8-14(25)21-16-19-9-20-22-16/h1-7,9H,8H2,(H2,19,20,21,22,25).